The highest BCUT2D eigenvalue weighted by atomic mass is 16.3. The number of nitrogens with zero attached hydrogens (tertiary/aromatic N) is 1. The number of aliphatic hydroxyl groups excluding tert-OH is 1. The van der Waals surface area contributed by atoms with E-state index in [1.807, 2.05) is 0 Å². The van der Waals surface area contributed by atoms with Crippen LogP contribution in [0.2, 0.25) is 0 Å². The lowest BCUT2D eigenvalue weighted by Crippen LogP contribution is -2.38. The second-order valence-electron chi connectivity index (χ2n) is 4.68. The smallest absolute Gasteiger partial charge is 0.0474 e. The quantitative estimate of drug-likeness (QED) is 0.719. The van der Waals surface area contributed by atoms with Crippen molar-refractivity contribution in [3.63, 3.8) is 0 Å². The van der Waals surface area contributed by atoms with Crippen molar-refractivity contribution in [3.05, 3.63) is 0 Å². The van der Waals surface area contributed by atoms with Crippen LogP contribution < -0.4 is 0 Å². The van der Waals surface area contributed by atoms with Crippen LogP contribution in [-0.4, -0.2) is 34.7 Å². The van der Waals surface area contributed by atoms with Crippen molar-refractivity contribution in [2.75, 3.05) is 6.61 Å². The van der Waals surface area contributed by atoms with Gasteiger partial charge in [-0.15, -0.1) is 0 Å². The molecule has 2 heterocycles. The lowest BCUT2D eigenvalue weighted by molar-refractivity contribution is 0.146. The van der Waals surface area contributed by atoms with Crippen LogP contribution in [0, 0.1) is 5.92 Å². The predicted molar refractivity (Wildman–Crippen MR) is 53.6 cm³/mol. The Morgan fingerprint density at radius 1 is 1.46 bits per heavy atom. The van der Waals surface area contributed by atoms with Crippen LogP contribution in [-0.2, 0) is 0 Å². The summed E-state index contributed by atoms with van der Waals surface area (Å²) in [4.78, 5) is 2.67. The van der Waals surface area contributed by atoms with E-state index in [0.717, 1.165) is 6.04 Å². The fourth-order valence-electron chi connectivity index (χ4n) is 3.25. The molecule has 0 saturated carbocycles. The molecule has 0 aliphatic carbocycles. The Bertz CT molecular complexity index is 183. The normalized spacial score (nSPS) is 41.3. The Labute approximate surface area is 80.9 Å². The van der Waals surface area contributed by atoms with Crippen molar-refractivity contribution in [2.45, 2.75) is 57.7 Å². The van der Waals surface area contributed by atoms with E-state index in [4.69, 9.17) is 0 Å². The number of aliphatic hydroxyl groups is 1. The third-order valence-electron chi connectivity index (χ3n) is 4.05. The highest BCUT2D eigenvalue weighted by Crippen LogP contribution is 2.42. The molecule has 76 valence electrons. The second kappa shape index (κ2) is 3.58. The first-order valence-corrected chi connectivity index (χ1v) is 5.66. The van der Waals surface area contributed by atoms with Gasteiger partial charge in [0, 0.05) is 24.7 Å². The molecule has 2 heteroatoms. The average Bonchev–Trinajstić information content (AvgIpc) is 2.72. The first-order chi connectivity index (χ1) is 6.27. The Kier molecular flexibility index (Phi) is 2.61. The fourth-order valence-corrected chi connectivity index (χ4v) is 3.25. The minimum absolute atomic E-state index is 0.397. The van der Waals surface area contributed by atoms with E-state index in [9.17, 15) is 5.11 Å². The summed E-state index contributed by atoms with van der Waals surface area (Å²) in [5, 5.41) is 9.23. The first-order valence-electron chi connectivity index (χ1n) is 5.66. The van der Waals surface area contributed by atoms with E-state index in [-0.39, 0.29) is 0 Å². The standard InChI is InChI=1S/C11H21NO/c1-3-8(2)12-10-4-5-11(12)9(6-10)7-13/h8-11,13H,3-7H2,1-2H3. The highest BCUT2D eigenvalue weighted by molar-refractivity contribution is 5.01. The summed E-state index contributed by atoms with van der Waals surface area (Å²) in [6.07, 6.45) is 5.17. The predicted octanol–water partition coefficient (Wildman–Crippen LogP) is 1.63. The van der Waals surface area contributed by atoms with Crippen LogP contribution >= 0.6 is 0 Å². The molecule has 1 N–H and O–H groups in total. The lowest BCUT2D eigenvalue weighted by atomic mass is 9.90. The van der Waals surface area contributed by atoms with Crippen LogP contribution in [0.4, 0.5) is 0 Å². The molecule has 2 saturated heterocycles. The van der Waals surface area contributed by atoms with E-state index in [2.05, 4.69) is 18.7 Å². The van der Waals surface area contributed by atoms with E-state index >= 15 is 0 Å². The molecule has 2 aliphatic rings. The molecule has 2 rings (SSSR count). The average molecular weight is 183 g/mol. The van der Waals surface area contributed by atoms with Gasteiger partial charge in [-0.2, -0.15) is 0 Å². The van der Waals surface area contributed by atoms with Gasteiger partial charge < -0.3 is 5.11 Å². The minimum Gasteiger partial charge on any atom is -0.396 e. The summed E-state index contributed by atoms with van der Waals surface area (Å²) in [6.45, 7) is 4.98. The van der Waals surface area contributed by atoms with E-state index < -0.39 is 0 Å². The van der Waals surface area contributed by atoms with E-state index in [1.165, 1.54) is 25.7 Å². The molecular formula is C11H21NO. The molecule has 2 aliphatic heterocycles. The molecular weight excluding hydrogens is 162 g/mol. The highest BCUT2D eigenvalue weighted by Gasteiger charge is 2.46. The maximum absolute atomic E-state index is 9.23. The van der Waals surface area contributed by atoms with Crippen molar-refractivity contribution in [3.8, 4) is 0 Å². The zero-order valence-corrected chi connectivity index (χ0v) is 8.74. The maximum Gasteiger partial charge on any atom is 0.0474 e. The topological polar surface area (TPSA) is 23.5 Å². The van der Waals surface area contributed by atoms with Gasteiger partial charge in [-0.3, -0.25) is 4.90 Å². The van der Waals surface area contributed by atoms with Crippen LogP contribution in [0.15, 0.2) is 0 Å². The largest absolute Gasteiger partial charge is 0.396 e. The molecule has 0 radical (unpaired) electrons. The minimum atomic E-state index is 0.397. The number of hydrogen-bond donors (Lipinski definition) is 1. The number of hydrogen-bond acceptors (Lipinski definition) is 2. The Morgan fingerprint density at radius 2 is 2.23 bits per heavy atom. The van der Waals surface area contributed by atoms with E-state index in [1.54, 1.807) is 0 Å². The van der Waals surface area contributed by atoms with Gasteiger partial charge in [0.15, 0.2) is 0 Å². The van der Waals surface area contributed by atoms with Gasteiger partial charge in [0.25, 0.3) is 0 Å². The van der Waals surface area contributed by atoms with E-state index in [0.29, 0.717) is 24.6 Å². The molecule has 2 fully saturated rings. The van der Waals surface area contributed by atoms with Crippen LogP contribution in [0.5, 0.6) is 0 Å². The molecule has 2 nitrogen and oxygen atoms in total. The van der Waals surface area contributed by atoms with Gasteiger partial charge in [-0.05, 0) is 38.5 Å². The number of fused-ring (bicyclic) bond motifs is 2. The molecule has 4 atom stereocenters. The van der Waals surface area contributed by atoms with Crippen molar-refractivity contribution in [1.82, 2.24) is 4.90 Å². The summed E-state index contributed by atoms with van der Waals surface area (Å²) >= 11 is 0. The van der Waals surface area contributed by atoms with Gasteiger partial charge in [0.05, 0.1) is 0 Å². The molecule has 0 spiro atoms. The summed E-state index contributed by atoms with van der Waals surface area (Å²) in [5.41, 5.74) is 0. The zero-order valence-electron chi connectivity index (χ0n) is 8.74. The summed E-state index contributed by atoms with van der Waals surface area (Å²) in [5.74, 6) is 0.577. The summed E-state index contributed by atoms with van der Waals surface area (Å²) in [6, 6.07) is 2.20. The molecule has 0 aromatic carbocycles. The number of rotatable bonds is 3. The summed E-state index contributed by atoms with van der Waals surface area (Å²) < 4.78 is 0. The van der Waals surface area contributed by atoms with Crippen molar-refractivity contribution < 1.29 is 5.11 Å². The van der Waals surface area contributed by atoms with Gasteiger partial charge in [0.1, 0.15) is 0 Å². The zero-order chi connectivity index (χ0) is 9.42. The second-order valence-corrected chi connectivity index (χ2v) is 4.68. The SMILES string of the molecule is CCC(C)N1C2CCC1C(CO)C2. The Hall–Kier alpha value is -0.0800. The molecule has 0 amide bonds. The van der Waals surface area contributed by atoms with Gasteiger partial charge in [0.2, 0.25) is 0 Å². The molecule has 4 unspecified atom stereocenters. The van der Waals surface area contributed by atoms with Gasteiger partial charge in [-0.1, -0.05) is 6.92 Å². The van der Waals surface area contributed by atoms with Gasteiger partial charge >= 0.3 is 0 Å². The lowest BCUT2D eigenvalue weighted by Gasteiger charge is -2.29. The molecule has 0 aromatic rings. The van der Waals surface area contributed by atoms with Crippen LogP contribution in [0.3, 0.4) is 0 Å². The molecule has 0 aromatic heterocycles. The Morgan fingerprint density at radius 3 is 2.77 bits per heavy atom. The van der Waals surface area contributed by atoms with Gasteiger partial charge in [-0.25, -0.2) is 0 Å². The van der Waals surface area contributed by atoms with Crippen LogP contribution in [0.1, 0.15) is 39.5 Å². The monoisotopic (exact) mass is 183 g/mol. The van der Waals surface area contributed by atoms with Crippen LogP contribution in [0.25, 0.3) is 0 Å². The van der Waals surface area contributed by atoms with Crippen molar-refractivity contribution in [1.29, 1.82) is 0 Å². The third-order valence-corrected chi connectivity index (χ3v) is 4.05. The summed E-state index contributed by atoms with van der Waals surface area (Å²) in [7, 11) is 0. The first kappa shape index (κ1) is 9.47. The third kappa shape index (κ3) is 1.40. The fraction of sp³-hybridized carbons (Fsp3) is 1.00. The Balaban J connectivity index is 2.06. The molecule has 2 bridgehead atoms. The maximum atomic E-state index is 9.23. The van der Waals surface area contributed by atoms with Crippen molar-refractivity contribution >= 4 is 0 Å². The molecule has 13 heavy (non-hydrogen) atoms. The van der Waals surface area contributed by atoms with Crippen molar-refractivity contribution in [2.24, 2.45) is 5.92 Å².